The number of halogens is 2. The summed E-state index contributed by atoms with van der Waals surface area (Å²) < 4.78 is 5.65. The summed E-state index contributed by atoms with van der Waals surface area (Å²) in [6, 6.07) is 15.9. The fraction of sp³-hybridized carbons (Fsp3) is 0.208. The summed E-state index contributed by atoms with van der Waals surface area (Å²) in [6.07, 6.45) is 0. The van der Waals surface area contributed by atoms with Crippen molar-refractivity contribution in [2.24, 2.45) is 0 Å². The van der Waals surface area contributed by atoms with Crippen LogP contribution >= 0.6 is 35.4 Å². The molecule has 2 amide bonds. The van der Waals surface area contributed by atoms with Crippen LogP contribution in [-0.4, -0.2) is 48.0 Å². The molecule has 4 rings (SSSR count). The lowest BCUT2D eigenvalue weighted by Crippen LogP contribution is -2.48. The van der Waals surface area contributed by atoms with Gasteiger partial charge in [-0.1, -0.05) is 23.2 Å². The fourth-order valence-electron chi connectivity index (χ4n) is 3.66. The highest BCUT2D eigenvalue weighted by Crippen LogP contribution is 2.30. The number of hydrogen-bond acceptors (Lipinski definition) is 5. The van der Waals surface area contributed by atoms with Crippen LogP contribution < -0.4 is 15.5 Å². The molecule has 34 heavy (non-hydrogen) atoms. The van der Waals surface area contributed by atoms with Crippen molar-refractivity contribution >= 4 is 63.7 Å². The minimum absolute atomic E-state index is 0.0802. The molecular formula is C24H22Cl2N4O3S. The minimum atomic E-state index is -0.469. The summed E-state index contributed by atoms with van der Waals surface area (Å²) in [6.45, 7) is 4.32. The molecule has 3 aromatic rings. The van der Waals surface area contributed by atoms with Crippen molar-refractivity contribution in [1.29, 1.82) is 0 Å². The van der Waals surface area contributed by atoms with Gasteiger partial charge in [0.2, 0.25) is 5.91 Å². The number of carbonyl (C=O) groups is 2. The number of nitrogens with zero attached hydrogens (tertiary/aromatic N) is 2. The predicted molar refractivity (Wildman–Crippen MR) is 139 cm³/mol. The van der Waals surface area contributed by atoms with Crippen LogP contribution in [0.15, 0.2) is 59.0 Å². The Morgan fingerprint density at radius 1 is 0.971 bits per heavy atom. The Morgan fingerprint density at radius 3 is 2.32 bits per heavy atom. The van der Waals surface area contributed by atoms with Gasteiger partial charge in [0.05, 0.1) is 10.7 Å². The highest BCUT2D eigenvalue weighted by molar-refractivity contribution is 7.80. The number of rotatable bonds is 4. The largest absolute Gasteiger partial charge is 0.451 e. The Bertz CT molecular complexity index is 1220. The predicted octanol–water partition coefficient (Wildman–Crippen LogP) is 5.05. The molecule has 0 atom stereocenters. The first-order valence-corrected chi connectivity index (χ1v) is 11.7. The summed E-state index contributed by atoms with van der Waals surface area (Å²) in [5.74, 6) is 0.291. The second kappa shape index (κ2) is 10.5. The maximum Gasteiger partial charge on any atom is 0.293 e. The molecule has 1 saturated heterocycles. The molecular weight excluding hydrogens is 495 g/mol. The molecule has 0 bridgehead atoms. The van der Waals surface area contributed by atoms with Crippen LogP contribution in [0.2, 0.25) is 10.0 Å². The summed E-state index contributed by atoms with van der Waals surface area (Å²) in [5.41, 5.74) is 2.33. The van der Waals surface area contributed by atoms with Crippen LogP contribution in [0.25, 0.3) is 11.3 Å². The molecule has 0 saturated carbocycles. The van der Waals surface area contributed by atoms with E-state index in [1.165, 1.54) is 0 Å². The van der Waals surface area contributed by atoms with Gasteiger partial charge in [-0.3, -0.25) is 14.9 Å². The average molecular weight is 517 g/mol. The highest BCUT2D eigenvalue weighted by atomic mass is 35.5. The molecule has 176 valence electrons. The zero-order chi connectivity index (χ0) is 24.2. The van der Waals surface area contributed by atoms with Crippen LogP contribution in [0.4, 0.5) is 11.4 Å². The Labute approximate surface area is 212 Å². The van der Waals surface area contributed by atoms with E-state index in [4.69, 9.17) is 39.8 Å². The smallest absolute Gasteiger partial charge is 0.293 e. The Morgan fingerprint density at radius 2 is 1.68 bits per heavy atom. The standard InChI is InChI=1S/C24H22Cl2N4O3S/c1-15(31)29-10-12-30(13-11-29)20-7-6-18(14-19(20)26)27-24(34)28-23(32)22-9-8-21(33-22)16-2-4-17(25)5-3-16/h2-9,14H,10-13H2,1H3,(H2,27,28,32,34). The first kappa shape index (κ1) is 24.1. The number of thiocarbonyl (C=S) groups is 1. The van der Waals surface area contributed by atoms with E-state index in [2.05, 4.69) is 15.5 Å². The van der Waals surface area contributed by atoms with Gasteiger partial charge in [-0.25, -0.2) is 0 Å². The van der Waals surface area contributed by atoms with Crippen molar-refractivity contribution in [3.63, 3.8) is 0 Å². The molecule has 2 aromatic carbocycles. The van der Waals surface area contributed by atoms with Gasteiger partial charge in [0.1, 0.15) is 5.76 Å². The summed E-state index contributed by atoms with van der Waals surface area (Å²) in [4.78, 5) is 28.0. The highest BCUT2D eigenvalue weighted by Gasteiger charge is 2.20. The van der Waals surface area contributed by atoms with Gasteiger partial charge in [-0.2, -0.15) is 0 Å². The maximum atomic E-state index is 12.5. The molecule has 2 heterocycles. The molecule has 0 spiro atoms. The molecule has 1 aliphatic heterocycles. The lowest BCUT2D eigenvalue weighted by atomic mass is 10.2. The molecule has 0 unspecified atom stereocenters. The molecule has 0 radical (unpaired) electrons. The van der Waals surface area contributed by atoms with E-state index in [0.717, 1.165) is 11.3 Å². The van der Waals surface area contributed by atoms with Crippen molar-refractivity contribution in [3.8, 4) is 11.3 Å². The van der Waals surface area contributed by atoms with Crippen LogP contribution in [0.5, 0.6) is 0 Å². The van der Waals surface area contributed by atoms with Gasteiger partial charge in [-0.15, -0.1) is 0 Å². The number of nitrogens with one attached hydrogen (secondary N) is 2. The average Bonchev–Trinajstić information content (AvgIpc) is 3.30. The number of piperazine rings is 1. The maximum absolute atomic E-state index is 12.5. The molecule has 0 aliphatic carbocycles. The van der Waals surface area contributed by atoms with E-state index in [0.29, 0.717) is 47.7 Å². The number of amides is 2. The third kappa shape index (κ3) is 5.70. The van der Waals surface area contributed by atoms with Crippen molar-refractivity contribution in [3.05, 3.63) is 70.4 Å². The normalized spacial score (nSPS) is 13.5. The van der Waals surface area contributed by atoms with Crippen LogP contribution in [-0.2, 0) is 4.79 Å². The zero-order valence-electron chi connectivity index (χ0n) is 18.3. The van der Waals surface area contributed by atoms with E-state index >= 15 is 0 Å². The van der Waals surface area contributed by atoms with E-state index < -0.39 is 5.91 Å². The van der Waals surface area contributed by atoms with Crippen molar-refractivity contribution in [2.45, 2.75) is 6.92 Å². The molecule has 1 aliphatic rings. The first-order chi connectivity index (χ1) is 16.3. The van der Waals surface area contributed by atoms with Gasteiger partial charge in [0.25, 0.3) is 5.91 Å². The molecule has 1 fully saturated rings. The van der Waals surface area contributed by atoms with Crippen LogP contribution in [0.1, 0.15) is 17.5 Å². The van der Waals surface area contributed by atoms with Gasteiger partial charge >= 0.3 is 0 Å². The summed E-state index contributed by atoms with van der Waals surface area (Å²) in [5, 5.41) is 6.86. The topological polar surface area (TPSA) is 77.8 Å². The molecule has 7 nitrogen and oxygen atoms in total. The number of benzene rings is 2. The Balaban J connectivity index is 1.34. The van der Waals surface area contributed by atoms with Gasteiger partial charge < -0.3 is 19.5 Å². The quantitative estimate of drug-likeness (QED) is 0.472. The van der Waals surface area contributed by atoms with Gasteiger partial charge in [0, 0.05) is 49.4 Å². The fourth-order valence-corrected chi connectivity index (χ4v) is 4.30. The second-order valence-corrected chi connectivity index (χ2v) is 8.99. The zero-order valence-corrected chi connectivity index (χ0v) is 20.6. The van der Waals surface area contributed by atoms with Crippen molar-refractivity contribution in [1.82, 2.24) is 10.2 Å². The number of carbonyl (C=O) groups excluding carboxylic acids is 2. The molecule has 10 heteroatoms. The Kier molecular flexibility index (Phi) is 7.41. The molecule has 2 N–H and O–H groups in total. The number of hydrogen-bond donors (Lipinski definition) is 2. The van der Waals surface area contributed by atoms with E-state index in [9.17, 15) is 9.59 Å². The monoisotopic (exact) mass is 516 g/mol. The van der Waals surface area contributed by atoms with E-state index in [1.807, 2.05) is 29.2 Å². The van der Waals surface area contributed by atoms with E-state index in [-0.39, 0.29) is 16.8 Å². The lowest BCUT2D eigenvalue weighted by Gasteiger charge is -2.36. The third-order valence-corrected chi connectivity index (χ3v) is 6.22. The Hall–Kier alpha value is -3.07. The molecule has 1 aromatic heterocycles. The first-order valence-electron chi connectivity index (χ1n) is 10.6. The summed E-state index contributed by atoms with van der Waals surface area (Å²) >= 11 is 17.7. The van der Waals surface area contributed by atoms with Crippen LogP contribution in [0.3, 0.4) is 0 Å². The van der Waals surface area contributed by atoms with E-state index in [1.54, 1.807) is 37.3 Å². The summed E-state index contributed by atoms with van der Waals surface area (Å²) in [7, 11) is 0. The lowest BCUT2D eigenvalue weighted by molar-refractivity contribution is -0.129. The van der Waals surface area contributed by atoms with Gasteiger partial charge in [0.15, 0.2) is 10.9 Å². The third-order valence-electron chi connectivity index (χ3n) is 5.46. The van der Waals surface area contributed by atoms with Crippen molar-refractivity contribution in [2.75, 3.05) is 36.4 Å². The minimum Gasteiger partial charge on any atom is -0.451 e. The van der Waals surface area contributed by atoms with Crippen molar-refractivity contribution < 1.29 is 14.0 Å². The SMILES string of the molecule is CC(=O)N1CCN(c2ccc(NC(=S)NC(=O)c3ccc(-c4ccc(Cl)cc4)o3)cc2Cl)CC1. The van der Waals surface area contributed by atoms with Crippen LogP contribution in [0, 0.1) is 0 Å². The van der Waals surface area contributed by atoms with Gasteiger partial charge in [-0.05, 0) is 66.8 Å². The number of furan rings is 1. The number of anilines is 2. The second-order valence-electron chi connectivity index (χ2n) is 7.74.